The summed E-state index contributed by atoms with van der Waals surface area (Å²) in [5, 5.41) is 0. The zero-order chi connectivity index (χ0) is 14.7. The Morgan fingerprint density at radius 3 is 2.50 bits per heavy atom. The molecule has 2 rings (SSSR count). The first-order valence-corrected chi connectivity index (χ1v) is 6.69. The van der Waals surface area contributed by atoms with Crippen LogP contribution >= 0.6 is 0 Å². The summed E-state index contributed by atoms with van der Waals surface area (Å²) in [6, 6.07) is 6.68. The summed E-state index contributed by atoms with van der Waals surface area (Å²) in [6.07, 6.45) is 0.0544. The molecule has 1 aromatic carbocycles. The number of hydrogen-bond acceptors (Lipinski definition) is 4. The fourth-order valence-electron chi connectivity index (χ4n) is 2.38. The van der Waals surface area contributed by atoms with E-state index < -0.39 is 5.97 Å². The van der Waals surface area contributed by atoms with Crippen molar-refractivity contribution in [1.82, 2.24) is 4.90 Å². The number of ether oxygens (including phenoxy) is 2. The molecule has 1 aromatic rings. The number of nitrogens with zero attached hydrogens (tertiary/aromatic N) is 1. The topological polar surface area (TPSA) is 55.8 Å². The zero-order valence-electron chi connectivity index (χ0n) is 12.0. The van der Waals surface area contributed by atoms with Crippen molar-refractivity contribution < 1.29 is 19.1 Å². The summed E-state index contributed by atoms with van der Waals surface area (Å²) in [5.41, 5.74) is 0.519. The lowest BCUT2D eigenvalue weighted by Crippen LogP contribution is -2.48. The monoisotopic (exact) mass is 277 g/mol. The van der Waals surface area contributed by atoms with Gasteiger partial charge in [0.15, 0.2) is 0 Å². The number of hydrogen-bond donors (Lipinski definition) is 0. The second kappa shape index (κ2) is 6.05. The Kier molecular flexibility index (Phi) is 4.39. The zero-order valence-corrected chi connectivity index (χ0v) is 12.0. The average Bonchev–Trinajstić information content (AvgIpc) is 2.36. The van der Waals surface area contributed by atoms with Crippen molar-refractivity contribution in [1.29, 1.82) is 0 Å². The summed E-state index contributed by atoms with van der Waals surface area (Å²) in [7, 11) is 0. The number of benzene rings is 1. The molecule has 1 aliphatic rings. The molecule has 0 spiro atoms. The van der Waals surface area contributed by atoms with E-state index in [0.29, 0.717) is 24.4 Å². The van der Waals surface area contributed by atoms with Crippen LogP contribution in [0.5, 0.6) is 5.75 Å². The smallest absolute Gasteiger partial charge is 0.308 e. The third-order valence-electron chi connectivity index (χ3n) is 3.05. The molecule has 5 heteroatoms. The number of rotatable bonds is 2. The number of amides is 1. The second-order valence-corrected chi connectivity index (χ2v) is 5.09. The van der Waals surface area contributed by atoms with E-state index in [1.807, 2.05) is 13.8 Å². The predicted octanol–water partition coefficient (Wildman–Crippen LogP) is 1.86. The molecule has 20 heavy (non-hydrogen) atoms. The van der Waals surface area contributed by atoms with E-state index in [9.17, 15) is 9.59 Å². The molecule has 1 aliphatic heterocycles. The van der Waals surface area contributed by atoms with Crippen molar-refractivity contribution in [3.05, 3.63) is 29.8 Å². The van der Waals surface area contributed by atoms with Gasteiger partial charge < -0.3 is 14.4 Å². The van der Waals surface area contributed by atoms with Crippen LogP contribution in [0.25, 0.3) is 0 Å². The van der Waals surface area contributed by atoms with Gasteiger partial charge in [-0.05, 0) is 32.0 Å². The van der Waals surface area contributed by atoms with Crippen LogP contribution in [0.4, 0.5) is 0 Å². The first kappa shape index (κ1) is 14.5. The van der Waals surface area contributed by atoms with Crippen LogP contribution in [0.3, 0.4) is 0 Å². The minimum Gasteiger partial charge on any atom is -0.427 e. The maximum Gasteiger partial charge on any atom is 0.308 e. The summed E-state index contributed by atoms with van der Waals surface area (Å²) < 4.78 is 10.6. The molecule has 1 amide bonds. The van der Waals surface area contributed by atoms with Crippen LogP contribution in [0.15, 0.2) is 24.3 Å². The Bertz CT molecular complexity index is 504. The molecule has 0 aliphatic carbocycles. The standard InChI is InChI=1S/C15H19NO4/c1-10-8-16(9-11(2)19-10)15(18)13-5-4-6-14(7-13)20-12(3)17/h4-7,10-11H,8-9H2,1-3H3/t10-,11+. The van der Waals surface area contributed by atoms with Gasteiger partial charge in [0, 0.05) is 25.6 Å². The van der Waals surface area contributed by atoms with E-state index in [1.54, 1.807) is 29.2 Å². The summed E-state index contributed by atoms with van der Waals surface area (Å²) in [5.74, 6) is -0.0816. The molecule has 0 saturated carbocycles. The van der Waals surface area contributed by atoms with E-state index in [2.05, 4.69) is 0 Å². The SMILES string of the molecule is CC(=O)Oc1cccc(C(=O)N2C[C@@H](C)O[C@@H](C)C2)c1. The summed E-state index contributed by atoms with van der Waals surface area (Å²) in [4.78, 5) is 25.2. The van der Waals surface area contributed by atoms with E-state index in [-0.39, 0.29) is 18.1 Å². The molecule has 108 valence electrons. The fraction of sp³-hybridized carbons (Fsp3) is 0.467. The Hall–Kier alpha value is -1.88. The average molecular weight is 277 g/mol. The quantitative estimate of drug-likeness (QED) is 0.611. The van der Waals surface area contributed by atoms with Gasteiger partial charge in [0.1, 0.15) is 5.75 Å². The Balaban J connectivity index is 2.14. The van der Waals surface area contributed by atoms with Crippen LogP contribution < -0.4 is 4.74 Å². The lowest BCUT2D eigenvalue weighted by molar-refractivity contribution is -0.131. The molecule has 2 atom stereocenters. The molecule has 1 heterocycles. The Morgan fingerprint density at radius 1 is 1.25 bits per heavy atom. The normalized spacial score (nSPS) is 22.4. The van der Waals surface area contributed by atoms with Crippen LogP contribution in [0.2, 0.25) is 0 Å². The maximum atomic E-state index is 12.5. The van der Waals surface area contributed by atoms with Crippen molar-refractivity contribution in [3.8, 4) is 5.75 Å². The van der Waals surface area contributed by atoms with Crippen molar-refractivity contribution in [2.24, 2.45) is 0 Å². The van der Waals surface area contributed by atoms with Gasteiger partial charge in [-0.1, -0.05) is 6.07 Å². The van der Waals surface area contributed by atoms with Crippen molar-refractivity contribution in [3.63, 3.8) is 0 Å². The van der Waals surface area contributed by atoms with Crippen LogP contribution in [-0.2, 0) is 9.53 Å². The third kappa shape index (κ3) is 3.57. The second-order valence-electron chi connectivity index (χ2n) is 5.09. The predicted molar refractivity (Wildman–Crippen MR) is 73.7 cm³/mol. The number of carbonyl (C=O) groups excluding carboxylic acids is 2. The first-order valence-electron chi connectivity index (χ1n) is 6.69. The highest BCUT2D eigenvalue weighted by Crippen LogP contribution is 2.18. The minimum absolute atomic E-state index is 0.0272. The van der Waals surface area contributed by atoms with Gasteiger partial charge in [-0.25, -0.2) is 0 Å². The minimum atomic E-state index is -0.400. The maximum absolute atomic E-state index is 12.5. The van der Waals surface area contributed by atoms with Crippen LogP contribution in [-0.4, -0.2) is 42.1 Å². The van der Waals surface area contributed by atoms with Gasteiger partial charge in [-0.15, -0.1) is 0 Å². The largest absolute Gasteiger partial charge is 0.427 e. The van der Waals surface area contributed by atoms with Crippen LogP contribution in [0, 0.1) is 0 Å². The molecule has 1 saturated heterocycles. The highest BCUT2D eigenvalue weighted by Gasteiger charge is 2.26. The molecular weight excluding hydrogens is 258 g/mol. The number of morpholine rings is 1. The van der Waals surface area contributed by atoms with Gasteiger partial charge in [0.05, 0.1) is 12.2 Å². The molecule has 0 unspecified atom stereocenters. The number of esters is 1. The molecule has 0 N–H and O–H groups in total. The fourth-order valence-corrected chi connectivity index (χ4v) is 2.38. The molecular formula is C15H19NO4. The highest BCUT2D eigenvalue weighted by atomic mass is 16.5. The van der Waals surface area contributed by atoms with E-state index >= 15 is 0 Å². The molecule has 0 radical (unpaired) electrons. The number of carbonyl (C=O) groups is 2. The van der Waals surface area contributed by atoms with Gasteiger partial charge in [-0.3, -0.25) is 9.59 Å². The van der Waals surface area contributed by atoms with Crippen molar-refractivity contribution in [2.45, 2.75) is 33.0 Å². The molecule has 0 aromatic heterocycles. The third-order valence-corrected chi connectivity index (χ3v) is 3.05. The summed E-state index contributed by atoms with van der Waals surface area (Å²) in [6.45, 7) is 6.37. The van der Waals surface area contributed by atoms with Gasteiger partial charge in [0.2, 0.25) is 0 Å². The van der Waals surface area contributed by atoms with Crippen molar-refractivity contribution >= 4 is 11.9 Å². The van der Waals surface area contributed by atoms with Gasteiger partial charge >= 0.3 is 5.97 Å². The van der Waals surface area contributed by atoms with Gasteiger partial charge in [0.25, 0.3) is 5.91 Å². The Labute approximate surface area is 118 Å². The molecule has 1 fully saturated rings. The van der Waals surface area contributed by atoms with E-state index in [0.717, 1.165) is 0 Å². The Morgan fingerprint density at radius 2 is 1.90 bits per heavy atom. The van der Waals surface area contributed by atoms with Crippen LogP contribution in [0.1, 0.15) is 31.1 Å². The lowest BCUT2D eigenvalue weighted by Gasteiger charge is -2.35. The molecule has 5 nitrogen and oxygen atoms in total. The lowest BCUT2D eigenvalue weighted by atomic mass is 10.1. The van der Waals surface area contributed by atoms with E-state index in [1.165, 1.54) is 6.92 Å². The molecule has 0 bridgehead atoms. The summed E-state index contributed by atoms with van der Waals surface area (Å²) >= 11 is 0. The first-order chi connectivity index (χ1) is 9.45. The van der Waals surface area contributed by atoms with Crippen molar-refractivity contribution in [2.75, 3.05) is 13.1 Å². The van der Waals surface area contributed by atoms with E-state index in [4.69, 9.17) is 9.47 Å². The highest BCUT2D eigenvalue weighted by molar-refractivity contribution is 5.94. The van der Waals surface area contributed by atoms with Gasteiger partial charge in [-0.2, -0.15) is 0 Å².